The highest BCUT2D eigenvalue weighted by Gasteiger charge is 2.31. The molecule has 0 bridgehead atoms. The molecule has 0 spiro atoms. The summed E-state index contributed by atoms with van der Waals surface area (Å²) < 4.78 is 10.9. The highest BCUT2D eigenvalue weighted by atomic mass is 16.5. The summed E-state index contributed by atoms with van der Waals surface area (Å²) in [7, 11) is 0. The fraction of sp³-hybridized carbons (Fsp3) is 0.400. The zero-order valence-corrected chi connectivity index (χ0v) is 18.3. The second-order valence-electron chi connectivity index (χ2n) is 8.39. The molecule has 2 aromatic rings. The molecule has 0 radical (unpaired) electrons. The van der Waals surface area contributed by atoms with Gasteiger partial charge >= 0.3 is 12.1 Å². The van der Waals surface area contributed by atoms with Crippen molar-refractivity contribution >= 4 is 18.0 Å². The highest BCUT2D eigenvalue weighted by Crippen LogP contribution is 2.44. The van der Waals surface area contributed by atoms with Crippen molar-refractivity contribution in [2.75, 3.05) is 26.3 Å². The molecule has 2 atom stereocenters. The fourth-order valence-corrected chi connectivity index (χ4v) is 4.42. The predicted octanol–water partition coefficient (Wildman–Crippen LogP) is 2.91. The van der Waals surface area contributed by atoms with Crippen LogP contribution in [-0.4, -0.2) is 55.5 Å². The quantitative estimate of drug-likeness (QED) is 0.504. The highest BCUT2D eigenvalue weighted by molar-refractivity contribution is 5.79. The third-order valence-corrected chi connectivity index (χ3v) is 6.15. The number of carbonyl (C=O) groups excluding carboxylic acids is 2. The second kappa shape index (κ2) is 10.5. The SMILES string of the molecule is O=C(CCCNC(=O)OCC1c2ccccc2-c2ccccc21)NC[C@H]1C[C@@H](C(=O)O)CO1. The van der Waals surface area contributed by atoms with Crippen LogP contribution in [0.25, 0.3) is 11.1 Å². The lowest BCUT2D eigenvalue weighted by Crippen LogP contribution is -2.33. The Bertz CT molecular complexity index is 978. The summed E-state index contributed by atoms with van der Waals surface area (Å²) in [5.41, 5.74) is 4.66. The maximum atomic E-state index is 12.2. The number of ether oxygens (including phenoxy) is 2. The summed E-state index contributed by atoms with van der Waals surface area (Å²) in [4.78, 5) is 35.1. The molecular formula is C25H28N2O6. The van der Waals surface area contributed by atoms with Crippen LogP contribution in [0, 0.1) is 5.92 Å². The average molecular weight is 453 g/mol. The standard InChI is InChI=1S/C25H28N2O6/c28-23(27-13-17-12-16(14-32-17)24(29)30)10-5-11-26-25(31)33-15-22-20-8-3-1-6-18(20)19-7-2-4-9-21(19)22/h1-4,6-9,16-17,22H,5,10-15H2,(H,26,31)(H,27,28)(H,29,30)/t16-,17-/m1/s1. The molecule has 3 N–H and O–H groups in total. The lowest BCUT2D eigenvalue weighted by molar-refractivity contribution is -0.141. The molecule has 8 nitrogen and oxygen atoms in total. The van der Waals surface area contributed by atoms with E-state index in [0.717, 1.165) is 11.1 Å². The molecule has 0 unspecified atom stereocenters. The molecule has 1 saturated heterocycles. The van der Waals surface area contributed by atoms with Gasteiger partial charge in [0, 0.05) is 25.4 Å². The Balaban J connectivity index is 1.14. The van der Waals surface area contributed by atoms with Crippen LogP contribution in [0.15, 0.2) is 48.5 Å². The minimum Gasteiger partial charge on any atom is -0.481 e. The van der Waals surface area contributed by atoms with Crippen molar-refractivity contribution in [3.8, 4) is 11.1 Å². The summed E-state index contributed by atoms with van der Waals surface area (Å²) in [5, 5.41) is 14.4. The average Bonchev–Trinajstić information content (AvgIpc) is 3.42. The summed E-state index contributed by atoms with van der Waals surface area (Å²) in [6.45, 7) is 1.05. The van der Waals surface area contributed by atoms with Crippen molar-refractivity contribution < 1.29 is 29.0 Å². The minimum atomic E-state index is -0.872. The first kappa shape index (κ1) is 22.8. The van der Waals surface area contributed by atoms with E-state index in [0.29, 0.717) is 25.9 Å². The number of benzene rings is 2. The number of fused-ring (bicyclic) bond motifs is 3. The van der Waals surface area contributed by atoms with E-state index in [1.807, 2.05) is 24.3 Å². The first-order valence-electron chi connectivity index (χ1n) is 11.2. The topological polar surface area (TPSA) is 114 Å². The predicted molar refractivity (Wildman–Crippen MR) is 121 cm³/mol. The van der Waals surface area contributed by atoms with E-state index >= 15 is 0 Å². The molecule has 1 aliphatic heterocycles. The normalized spacial score (nSPS) is 18.9. The van der Waals surface area contributed by atoms with Crippen molar-refractivity contribution in [3.63, 3.8) is 0 Å². The number of hydrogen-bond acceptors (Lipinski definition) is 5. The number of carboxylic acid groups (broad SMARTS) is 1. The summed E-state index contributed by atoms with van der Waals surface area (Å²) >= 11 is 0. The lowest BCUT2D eigenvalue weighted by Gasteiger charge is -2.14. The Morgan fingerprint density at radius 2 is 1.67 bits per heavy atom. The van der Waals surface area contributed by atoms with Gasteiger partial charge in [0.05, 0.1) is 18.6 Å². The number of amides is 2. The van der Waals surface area contributed by atoms with E-state index in [1.165, 1.54) is 11.1 Å². The van der Waals surface area contributed by atoms with Crippen LogP contribution in [-0.2, 0) is 19.1 Å². The van der Waals surface area contributed by atoms with E-state index in [2.05, 4.69) is 34.9 Å². The summed E-state index contributed by atoms with van der Waals surface area (Å²) in [6.07, 6.45) is 0.349. The number of hydrogen-bond donors (Lipinski definition) is 3. The molecule has 0 aromatic heterocycles. The molecule has 1 fully saturated rings. The number of carboxylic acids is 1. The van der Waals surface area contributed by atoms with Gasteiger partial charge in [-0.2, -0.15) is 0 Å². The minimum absolute atomic E-state index is 0.00691. The van der Waals surface area contributed by atoms with Crippen LogP contribution in [0.5, 0.6) is 0 Å². The third kappa shape index (κ3) is 5.51. The van der Waals surface area contributed by atoms with E-state index in [-0.39, 0.29) is 37.6 Å². The summed E-state index contributed by atoms with van der Waals surface area (Å²) in [5.74, 6) is -1.53. The van der Waals surface area contributed by atoms with E-state index in [9.17, 15) is 14.4 Å². The van der Waals surface area contributed by atoms with Gasteiger partial charge in [-0.05, 0) is 35.1 Å². The fourth-order valence-electron chi connectivity index (χ4n) is 4.42. The maximum absolute atomic E-state index is 12.2. The molecule has 1 heterocycles. The molecule has 4 rings (SSSR count). The van der Waals surface area contributed by atoms with Gasteiger partial charge in [0.15, 0.2) is 0 Å². The van der Waals surface area contributed by atoms with Crippen molar-refractivity contribution in [2.24, 2.45) is 5.92 Å². The van der Waals surface area contributed by atoms with E-state index in [4.69, 9.17) is 14.6 Å². The van der Waals surface area contributed by atoms with Crippen LogP contribution in [0.2, 0.25) is 0 Å². The maximum Gasteiger partial charge on any atom is 0.407 e. The molecule has 1 aliphatic carbocycles. The van der Waals surface area contributed by atoms with Crippen LogP contribution >= 0.6 is 0 Å². The van der Waals surface area contributed by atoms with Gasteiger partial charge in [0.25, 0.3) is 0 Å². The van der Waals surface area contributed by atoms with Crippen LogP contribution in [0.4, 0.5) is 4.79 Å². The number of carbonyl (C=O) groups is 3. The second-order valence-corrected chi connectivity index (χ2v) is 8.39. The monoisotopic (exact) mass is 452 g/mol. The van der Waals surface area contributed by atoms with E-state index < -0.39 is 18.0 Å². The Morgan fingerprint density at radius 3 is 2.30 bits per heavy atom. The van der Waals surface area contributed by atoms with Gasteiger partial charge in [-0.25, -0.2) is 4.79 Å². The Kier molecular flexibility index (Phi) is 7.24. The molecule has 2 amide bonds. The van der Waals surface area contributed by atoms with E-state index in [1.54, 1.807) is 0 Å². The molecule has 174 valence electrons. The van der Waals surface area contributed by atoms with Gasteiger partial charge < -0.3 is 25.2 Å². The first-order chi connectivity index (χ1) is 16.0. The van der Waals surface area contributed by atoms with Crippen molar-refractivity contribution in [2.45, 2.75) is 31.3 Å². The zero-order valence-electron chi connectivity index (χ0n) is 18.3. The molecule has 33 heavy (non-hydrogen) atoms. The molecular weight excluding hydrogens is 424 g/mol. The van der Waals surface area contributed by atoms with Crippen LogP contribution in [0.1, 0.15) is 36.3 Å². The Morgan fingerprint density at radius 1 is 1.00 bits per heavy atom. The third-order valence-electron chi connectivity index (χ3n) is 6.15. The number of nitrogens with one attached hydrogen (secondary N) is 2. The lowest BCUT2D eigenvalue weighted by atomic mass is 9.98. The molecule has 2 aliphatic rings. The number of aliphatic carboxylic acids is 1. The first-order valence-corrected chi connectivity index (χ1v) is 11.2. The van der Waals surface area contributed by atoms with Crippen LogP contribution in [0.3, 0.4) is 0 Å². The smallest absolute Gasteiger partial charge is 0.407 e. The van der Waals surface area contributed by atoms with Gasteiger partial charge in [-0.3, -0.25) is 9.59 Å². The molecule has 8 heteroatoms. The van der Waals surface area contributed by atoms with Gasteiger partial charge in [0.2, 0.25) is 5.91 Å². The molecule has 2 aromatic carbocycles. The zero-order chi connectivity index (χ0) is 23.2. The largest absolute Gasteiger partial charge is 0.481 e. The Labute approximate surface area is 192 Å². The van der Waals surface area contributed by atoms with Gasteiger partial charge in [-0.1, -0.05) is 48.5 Å². The number of rotatable bonds is 9. The number of alkyl carbamates (subject to hydrolysis) is 1. The molecule has 0 saturated carbocycles. The van der Waals surface area contributed by atoms with Crippen LogP contribution < -0.4 is 10.6 Å². The Hall–Kier alpha value is -3.39. The van der Waals surface area contributed by atoms with Crippen molar-refractivity contribution in [1.82, 2.24) is 10.6 Å². The van der Waals surface area contributed by atoms with Gasteiger partial charge in [-0.15, -0.1) is 0 Å². The van der Waals surface area contributed by atoms with Crippen molar-refractivity contribution in [3.05, 3.63) is 59.7 Å². The van der Waals surface area contributed by atoms with Gasteiger partial charge in [0.1, 0.15) is 6.61 Å². The summed E-state index contributed by atoms with van der Waals surface area (Å²) in [6, 6.07) is 16.3. The van der Waals surface area contributed by atoms with Crippen molar-refractivity contribution in [1.29, 1.82) is 0 Å².